The molecule has 0 spiro atoms. The number of rotatable bonds is 3. The van der Waals surface area contributed by atoms with E-state index in [2.05, 4.69) is 29.8 Å². The van der Waals surface area contributed by atoms with E-state index in [1.54, 1.807) is 0 Å². The summed E-state index contributed by atoms with van der Waals surface area (Å²) >= 11 is 5.79. The first-order valence-corrected chi connectivity index (χ1v) is 6.84. The maximum atomic E-state index is 5.79. The summed E-state index contributed by atoms with van der Waals surface area (Å²) in [6.45, 7) is 0. The van der Waals surface area contributed by atoms with Crippen LogP contribution in [0.15, 0.2) is 18.2 Å². The molecule has 17 heavy (non-hydrogen) atoms. The van der Waals surface area contributed by atoms with Crippen LogP contribution < -0.4 is 0 Å². The molecule has 1 aromatic carbocycles. The minimum absolute atomic E-state index is 0.679. The zero-order chi connectivity index (χ0) is 11.8. The summed E-state index contributed by atoms with van der Waals surface area (Å²) in [5.41, 5.74) is 3.66. The number of imidazole rings is 1. The highest BCUT2D eigenvalue weighted by Gasteiger charge is 2.24. The summed E-state index contributed by atoms with van der Waals surface area (Å²) in [6, 6.07) is 6.49. The average Bonchev–Trinajstić information content (AvgIpc) is 2.56. The summed E-state index contributed by atoms with van der Waals surface area (Å²) in [6.07, 6.45) is 4.88. The molecule has 2 aromatic rings. The molecular formula is C14H17ClN2. The van der Waals surface area contributed by atoms with E-state index >= 15 is 0 Å². The molecule has 90 valence electrons. The van der Waals surface area contributed by atoms with Crippen LogP contribution in [-0.2, 0) is 13.5 Å². The van der Waals surface area contributed by atoms with E-state index in [1.165, 1.54) is 36.2 Å². The number of fused-ring (bicyclic) bond motifs is 1. The molecule has 3 rings (SSSR count). The molecule has 0 radical (unpaired) electrons. The molecule has 0 aliphatic heterocycles. The maximum absolute atomic E-state index is 5.79. The molecule has 1 heterocycles. The molecule has 2 nitrogen and oxygen atoms in total. The third-order valence-electron chi connectivity index (χ3n) is 3.83. The number of hydrogen-bond donors (Lipinski definition) is 0. The van der Waals surface area contributed by atoms with Crippen LogP contribution in [0.25, 0.3) is 11.0 Å². The number of alkyl halides is 1. The van der Waals surface area contributed by atoms with Crippen LogP contribution in [0.5, 0.6) is 0 Å². The SMILES string of the molecule is Cn1c(C2CCC2)nc2ccc(CCCl)cc21. The van der Waals surface area contributed by atoms with Gasteiger partial charge in [-0.05, 0) is 37.0 Å². The van der Waals surface area contributed by atoms with E-state index in [0.717, 1.165) is 11.9 Å². The lowest BCUT2D eigenvalue weighted by molar-refractivity contribution is 0.395. The minimum atomic E-state index is 0.679. The van der Waals surface area contributed by atoms with Crippen LogP contribution in [-0.4, -0.2) is 15.4 Å². The van der Waals surface area contributed by atoms with E-state index in [-0.39, 0.29) is 0 Å². The minimum Gasteiger partial charge on any atom is -0.331 e. The van der Waals surface area contributed by atoms with Gasteiger partial charge in [0.2, 0.25) is 0 Å². The van der Waals surface area contributed by atoms with E-state index < -0.39 is 0 Å². The zero-order valence-corrected chi connectivity index (χ0v) is 10.9. The highest BCUT2D eigenvalue weighted by Crippen LogP contribution is 2.36. The van der Waals surface area contributed by atoms with Crippen molar-refractivity contribution in [2.75, 3.05) is 5.88 Å². The first-order chi connectivity index (χ1) is 8.29. The maximum Gasteiger partial charge on any atom is 0.112 e. The number of aromatic nitrogens is 2. The molecule has 0 bridgehead atoms. The van der Waals surface area contributed by atoms with Crippen molar-refractivity contribution in [1.82, 2.24) is 9.55 Å². The standard InChI is InChI=1S/C14H17ClN2/c1-17-13-9-10(7-8-15)5-6-12(13)16-14(17)11-3-2-4-11/h5-6,9,11H,2-4,7-8H2,1H3. The Morgan fingerprint density at radius 3 is 2.88 bits per heavy atom. The van der Waals surface area contributed by atoms with Crippen LogP contribution >= 0.6 is 11.6 Å². The van der Waals surface area contributed by atoms with E-state index in [1.807, 2.05) is 0 Å². The Morgan fingerprint density at radius 2 is 2.24 bits per heavy atom. The van der Waals surface area contributed by atoms with Gasteiger partial charge in [-0.25, -0.2) is 4.98 Å². The summed E-state index contributed by atoms with van der Waals surface area (Å²) in [5.74, 6) is 2.62. The van der Waals surface area contributed by atoms with E-state index in [9.17, 15) is 0 Å². The van der Waals surface area contributed by atoms with Gasteiger partial charge in [-0.15, -0.1) is 11.6 Å². The third-order valence-corrected chi connectivity index (χ3v) is 4.02. The van der Waals surface area contributed by atoms with Gasteiger partial charge >= 0.3 is 0 Å². The summed E-state index contributed by atoms with van der Waals surface area (Å²) < 4.78 is 2.26. The number of nitrogens with zero attached hydrogens (tertiary/aromatic N) is 2. The Bertz CT molecular complexity index is 540. The van der Waals surface area contributed by atoms with Crippen LogP contribution in [0.1, 0.15) is 36.6 Å². The molecule has 0 amide bonds. The van der Waals surface area contributed by atoms with Crippen LogP contribution in [0, 0.1) is 0 Å². The fourth-order valence-electron chi connectivity index (χ4n) is 2.55. The topological polar surface area (TPSA) is 17.8 Å². The van der Waals surface area contributed by atoms with Crippen LogP contribution in [0.3, 0.4) is 0 Å². The van der Waals surface area contributed by atoms with Gasteiger partial charge in [0.1, 0.15) is 5.82 Å². The van der Waals surface area contributed by atoms with Crippen LogP contribution in [0.4, 0.5) is 0 Å². The molecule has 1 fully saturated rings. The Kier molecular flexibility index (Phi) is 2.83. The third kappa shape index (κ3) is 1.85. The Morgan fingerprint density at radius 1 is 1.41 bits per heavy atom. The Balaban J connectivity index is 2.06. The molecule has 1 aliphatic carbocycles. The monoisotopic (exact) mass is 248 g/mol. The molecular weight excluding hydrogens is 232 g/mol. The highest BCUT2D eigenvalue weighted by atomic mass is 35.5. The van der Waals surface area contributed by atoms with Gasteiger partial charge in [-0.3, -0.25) is 0 Å². The fourth-order valence-corrected chi connectivity index (χ4v) is 2.77. The van der Waals surface area contributed by atoms with Crippen molar-refractivity contribution in [2.45, 2.75) is 31.6 Å². The van der Waals surface area contributed by atoms with E-state index in [0.29, 0.717) is 11.8 Å². The Labute approximate surface area is 107 Å². The van der Waals surface area contributed by atoms with Crippen molar-refractivity contribution >= 4 is 22.6 Å². The normalized spacial score (nSPS) is 16.4. The Hall–Kier alpha value is -1.02. The molecule has 0 unspecified atom stereocenters. The first-order valence-electron chi connectivity index (χ1n) is 6.31. The molecule has 1 aliphatic rings. The largest absolute Gasteiger partial charge is 0.331 e. The second-order valence-corrected chi connectivity index (χ2v) is 5.30. The van der Waals surface area contributed by atoms with Gasteiger partial charge in [0.25, 0.3) is 0 Å². The molecule has 0 atom stereocenters. The van der Waals surface area contributed by atoms with Gasteiger partial charge < -0.3 is 4.57 Å². The number of benzene rings is 1. The van der Waals surface area contributed by atoms with Crippen molar-refractivity contribution in [1.29, 1.82) is 0 Å². The quantitative estimate of drug-likeness (QED) is 0.759. The predicted molar refractivity (Wildman–Crippen MR) is 71.7 cm³/mol. The number of halogens is 1. The van der Waals surface area contributed by atoms with Crippen LogP contribution in [0.2, 0.25) is 0 Å². The van der Waals surface area contributed by atoms with Crippen molar-refractivity contribution in [3.05, 3.63) is 29.6 Å². The van der Waals surface area contributed by atoms with Crippen molar-refractivity contribution < 1.29 is 0 Å². The predicted octanol–water partition coefficient (Wildman–Crippen LogP) is 3.62. The van der Waals surface area contributed by atoms with Crippen molar-refractivity contribution in [3.63, 3.8) is 0 Å². The van der Waals surface area contributed by atoms with Gasteiger partial charge in [0.15, 0.2) is 0 Å². The smallest absolute Gasteiger partial charge is 0.112 e. The molecule has 1 saturated carbocycles. The zero-order valence-electron chi connectivity index (χ0n) is 10.1. The lowest BCUT2D eigenvalue weighted by atomic mass is 9.85. The van der Waals surface area contributed by atoms with Gasteiger partial charge in [-0.2, -0.15) is 0 Å². The summed E-state index contributed by atoms with van der Waals surface area (Å²) in [5, 5.41) is 0. The number of aryl methyl sites for hydroxylation is 2. The fraction of sp³-hybridized carbons (Fsp3) is 0.500. The number of hydrogen-bond acceptors (Lipinski definition) is 1. The lowest BCUT2D eigenvalue weighted by Crippen LogP contribution is -2.13. The summed E-state index contributed by atoms with van der Waals surface area (Å²) in [7, 11) is 2.13. The first kappa shape index (κ1) is 11.1. The van der Waals surface area contributed by atoms with Crippen molar-refractivity contribution in [3.8, 4) is 0 Å². The average molecular weight is 249 g/mol. The lowest BCUT2D eigenvalue weighted by Gasteiger charge is -2.24. The molecule has 1 aromatic heterocycles. The highest BCUT2D eigenvalue weighted by molar-refractivity contribution is 6.18. The van der Waals surface area contributed by atoms with Gasteiger partial charge in [-0.1, -0.05) is 12.5 Å². The second-order valence-electron chi connectivity index (χ2n) is 4.92. The molecule has 0 saturated heterocycles. The molecule has 0 N–H and O–H groups in total. The second kappa shape index (κ2) is 4.34. The molecule has 3 heteroatoms. The van der Waals surface area contributed by atoms with Crippen molar-refractivity contribution in [2.24, 2.45) is 7.05 Å². The van der Waals surface area contributed by atoms with E-state index in [4.69, 9.17) is 16.6 Å². The summed E-state index contributed by atoms with van der Waals surface area (Å²) in [4.78, 5) is 4.77. The van der Waals surface area contributed by atoms with Gasteiger partial charge in [0, 0.05) is 18.8 Å². The van der Waals surface area contributed by atoms with Gasteiger partial charge in [0.05, 0.1) is 11.0 Å².